The molecule has 0 aliphatic carbocycles. The second-order valence-electron chi connectivity index (χ2n) is 7.86. The minimum Gasteiger partial charge on any atom is -0.500 e. The maximum atomic E-state index is 6.10. The summed E-state index contributed by atoms with van der Waals surface area (Å²) >= 11 is 0. The normalized spacial score (nSPS) is 10.4. The second kappa shape index (κ2) is 10.6. The number of para-hydroxylation sites is 1. The average Bonchev–Trinajstić information content (AvgIpc) is 3.26. The molecule has 1 radical (unpaired) electrons. The molecule has 34 heavy (non-hydrogen) atoms. The number of aromatic nitrogens is 2. The van der Waals surface area contributed by atoms with Crippen molar-refractivity contribution in [3.05, 3.63) is 121 Å². The second-order valence-corrected chi connectivity index (χ2v) is 7.86. The summed E-state index contributed by atoms with van der Waals surface area (Å²) in [4.78, 5) is 8.66. The Hall–Kier alpha value is -3.59. The van der Waals surface area contributed by atoms with E-state index in [0.717, 1.165) is 50.0 Å². The fraction of sp³-hybridized carbons (Fsp3) is 0.0667. The molecular formula is C30H22IrN2O-2. The molecule has 6 rings (SSSR count). The van der Waals surface area contributed by atoms with Crippen LogP contribution < -0.4 is 0 Å². The maximum Gasteiger partial charge on any atom is 0.123 e. The van der Waals surface area contributed by atoms with Gasteiger partial charge in [0.25, 0.3) is 0 Å². The van der Waals surface area contributed by atoms with Gasteiger partial charge in [-0.2, -0.15) is 0 Å². The van der Waals surface area contributed by atoms with Crippen LogP contribution in [0.3, 0.4) is 0 Å². The molecule has 0 fully saturated rings. The van der Waals surface area contributed by atoms with E-state index in [1.807, 2.05) is 60.7 Å². The monoisotopic (exact) mass is 619 g/mol. The molecule has 0 atom stereocenters. The molecule has 169 valence electrons. The maximum absolute atomic E-state index is 6.10. The number of hydrogen-bond acceptors (Lipinski definition) is 3. The molecule has 0 aliphatic rings. The van der Waals surface area contributed by atoms with Gasteiger partial charge in [0.2, 0.25) is 0 Å². The van der Waals surface area contributed by atoms with Crippen molar-refractivity contribution in [1.82, 2.24) is 9.97 Å². The summed E-state index contributed by atoms with van der Waals surface area (Å²) < 4.78 is 6.10. The molecule has 0 unspecified atom stereocenters. The van der Waals surface area contributed by atoms with Gasteiger partial charge in [-0.05, 0) is 36.0 Å². The molecule has 6 aromatic rings. The number of hydrogen-bond donors (Lipinski definition) is 0. The van der Waals surface area contributed by atoms with Gasteiger partial charge in [0.1, 0.15) is 5.58 Å². The molecule has 4 heteroatoms. The zero-order chi connectivity index (χ0) is 22.6. The van der Waals surface area contributed by atoms with Crippen LogP contribution in [0.5, 0.6) is 0 Å². The van der Waals surface area contributed by atoms with Gasteiger partial charge in [0, 0.05) is 37.9 Å². The van der Waals surface area contributed by atoms with Crippen molar-refractivity contribution in [1.29, 1.82) is 0 Å². The Morgan fingerprint density at radius 1 is 0.676 bits per heavy atom. The van der Waals surface area contributed by atoms with Crippen molar-refractivity contribution < 1.29 is 24.5 Å². The quantitative estimate of drug-likeness (QED) is 0.188. The topological polar surface area (TPSA) is 38.9 Å². The molecular weight excluding hydrogens is 597 g/mol. The molecule has 0 bridgehead atoms. The van der Waals surface area contributed by atoms with Crippen LogP contribution >= 0.6 is 0 Å². The Bertz CT molecular complexity index is 1530. The third-order valence-electron chi connectivity index (χ3n) is 5.47. The zero-order valence-electron chi connectivity index (χ0n) is 18.9. The first kappa shape index (κ1) is 23.6. The number of rotatable bonds is 2. The Labute approximate surface area is 212 Å². The van der Waals surface area contributed by atoms with Crippen LogP contribution in [-0.4, -0.2) is 9.97 Å². The number of aryl methyl sites for hydroxylation is 2. The Balaban J connectivity index is 0.000000171. The van der Waals surface area contributed by atoms with Gasteiger partial charge < -0.3 is 14.4 Å². The molecule has 3 aromatic heterocycles. The average molecular weight is 619 g/mol. The van der Waals surface area contributed by atoms with Crippen LogP contribution in [0.4, 0.5) is 0 Å². The first-order valence-electron chi connectivity index (χ1n) is 10.8. The summed E-state index contributed by atoms with van der Waals surface area (Å²) in [5.41, 5.74) is 8.01. The standard InChI is InChI=1S/C18H12NO.C12H10N.Ir/c1-12-6-4-7-13-14-8-5-9-15(18(14)20-17(12)13)16-10-2-3-11-19-16;1-10-5-4-6-11(9-10)12-7-2-3-8-13-12;/h2-8,10-11H,1H3;2-5,7-9H,1H3;/q2*-1;. The van der Waals surface area contributed by atoms with Crippen molar-refractivity contribution in [3.8, 4) is 22.5 Å². The third kappa shape index (κ3) is 4.84. The van der Waals surface area contributed by atoms with Gasteiger partial charge >= 0.3 is 0 Å². The van der Waals surface area contributed by atoms with Gasteiger partial charge in [0.05, 0.1) is 5.58 Å². The molecule has 0 aliphatic heterocycles. The molecule has 0 spiro atoms. The van der Waals surface area contributed by atoms with E-state index in [4.69, 9.17) is 4.42 Å². The molecule has 3 heterocycles. The van der Waals surface area contributed by atoms with E-state index >= 15 is 0 Å². The summed E-state index contributed by atoms with van der Waals surface area (Å²) in [6.07, 6.45) is 3.58. The Kier molecular flexibility index (Phi) is 7.32. The number of benzene rings is 3. The predicted octanol–water partition coefficient (Wildman–Crippen LogP) is 7.61. The first-order valence-corrected chi connectivity index (χ1v) is 10.8. The molecule has 0 N–H and O–H groups in total. The van der Waals surface area contributed by atoms with E-state index in [-0.39, 0.29) is 20.1 Å². The van der Waals surface area contributed by atoms with Crippen LogP contribution in [-0.2, 0) is 20.1 Å². The largest absolute Gasteiger partial charge is 0.500 e. The molecule has 0 saturated heterocycles. The van der Waals surface area contributed by atoms with Gasteiger partial charge in [-0.1, -0.05) is 60.3 Å². The van der Waals surface area contributed by atoms with E-state index in [1.54, 1.807) is 12.4 Å². The van der Waals surface area contributed by atoms with E-state index in [9.17, 15) is 0 Å². The summed E-state index contributed by atoms with van der Waals surface area (Å²) in [6.45, 7) is 4.13. The van der Waals surface area contributed by atoms with Gasteiger partial charge in [0.15, 0.2) is 0 Å². The summed E-state index contributed by atoms with van der Waals surface area (Å²) in [7, 11) is 0. The minimum absolute atomic E-state index is 0. The van der Waals surface area contributed by atoms with E-state index in [1.165, 1.54) is 5.56 Å². The molecule has 3 nitrogen and oxygen atoms in total. The van der Waals surface area contributed by atoms with Crippen molar-refractivity contribution in [2.45, 2.75) is 13.8 Å². The van der Waals surface area contributed by atoms with Gasteiger partial charge in [-0.15, -0.1) is 53.6 Å². The fourth-order valence-corrected chi connectivity index (χ4v) is 3.86. The van der Waals surface area contributed by atoms with Crippen molar-refractivity contribution in [3.63, 3.8) is 0 Å². The first-order chi connectivity index (χ1) is 16.2. The van der Waals surface area contributed by atoms with Crippen LogP contribution in [0.25, 0.3) is 44.5 Å². The molecule has 0 saturated carbocycles. The SMILES string of the molecule is Cc1cc[c-]c(-c2ccccn2)c1.Cc1cccc2c1oc1c(-c3ccccn3)[c-]ccc12.[Ir]. The third-order valence-corrected chi connectivity index (χ3v) is 5.47. The number of furan rings is 1. The van der Waals surface area contributed by atoms with E-state index < -0.39 is 0 Å². The minimum atomic E-state index is 0. The van der Waals surface area contributed by atoms with Crippen molar-refractivity contribution in [2.24, 2.45) is 0 Å². The Morgan fingerprint density at radius 2 is 1.38 bits per heavy atom. The number of fused-ring (bicyclic) bond motifs is 3. The van der Waals surface area contributed by atoms with Crippen molar-refractivity contribution in [2.75, 3.05) is 0 Å². The summed E-state index contributed by atoms with van der Waals surface area (Å²) in [5, 5.41) is 2.26. The van der Waals surface area contributed by atoms with Gasteiger partial charge in [-0.25, -0.2) is 0 Å². The Morgan fingerprint density at radius 3 is 2.09 bits per heavy atom. The van der Waals surface area contributed by atoms with Gasteiger partial charge in [-0.3, -0.25) is 0 Å². The summed E-state index contributed by atoms with van der Waals surface area (Å²) in [6, 6.07) is 34.4. The van der Waals surface area contributed by atoms with E-state index in [2.05, 4.69) is 60.2 Å². The fourth-order valence-electron chi connectivity index (χ4n) is 3.86. The van der Waals surface area contributed by atoms with Crippen molar-refractivity contribution >= 4 is 21.9 Å². The van der Waals surface area contributed by atoms with Crippen LogP contribution in [0.15, 0.2) is 102 Å². The smallest absolute Gasteiger partial charge is 0.123 e. The zero-order valence-corrected chi connectivity index (χ0v) is 21.3. The predicted molar refractivity (Wildman–Crippen MR) is 134 cm³/mol. The van der Waals surface area contributed by atoms with Crippen LogP contribution in [0.2, 0.25) is 0 Å². The molecule has 3 aromatic carbocycles. The summed E-state index contributed by atoms with van der Waals surface area (Å²) in [5.74, 6) is 0. The van der Waals surface area contributed by atoms with Crippen LogP contribution in [0, 0.1) is 26.0 Å². The number of nitrogens with zero attached hydrogens (tertiary/aromatic N) is 2. The van der Waals surface area contributed by atoms with Crippen LogP contribution in [0.1, 0.15) is 11.1 Å². The van der Waals surface area contributed by atoms with E-state index in [0.29, 0.717) is 0 Å². The number of pyridine rings is 2. The molecule has 0 amide bonds.